The molecule has 0 bridgehead atoms. The highest BCUT2D eigenvalue weighted by atomic mass is 16.6. The SMILES string of the molecule is O=[N+]([O-])C1=CC=CC(CCO)([N+](=O)[O-])C1. The highest BCUT2D eigenvalue weighted by Gasteiger charge is 2.44. The van der Waals surface area contributed by atoms with Crippen molar-refractivity contribution in [2.75, 3.05) is 6.61 Å². The molecule has 1 unspecified atom stereocenters. The maximum atomic E-state index is 10.8. The monoisotopic (exact) mass is 214 g/mol. The first kappa shape index (κ1) is 11.3. The lowest BCUT2D eigenvalue weighted by molar-refractivity contribution is -0.563. The van der Waals surface area contributed by atoms with E-state index >= 15 is 0 Å². The van der Waals surface area contributed by atoms with Gasteiger partial charge in [0.15, 0.2) is 0 Å². The summed E-state index contributed by atoms with van der Waals surface area (Å²) in [6, 6.07) is 0. The van der Waals surface area contributed by atoms with Gasteiger partial charge in [0.1, 0.15) is 6.42 Å². The van der Waals surface area contributed by atoms with Crippen LogP contribution in [0.3, 0.4) is 0 Å². The number of nitro groups is 2. The molecule has 0 saturated heterocycles. The third-order valence-electron chi connectivity index (χ3n) is 2.33. The third kappa shape index (κ3) is 2.18. The fourth-order valence-corrected chi connectivity index (χ4v) is 1.48. The number of nitrogens with zero attached hydrogens (tertiary/aromatic N) is 2. The van der Waals surface area contributed by atoms with Crippen LogP contribution < -0.4 is 0 Å². The van der Waals surface area contributed by atoms with Crippen LogP contribution in [0, 0.1) is 20.2 Å². The van der Waals surface area contributed by atoms with E-state index in [0.29, 0.717) is 0 Å². The van der Waals surface area contributed by atoms with Crippen molar-refractivity contribution in [2.24, 2.45) is 0 Å². The maximum absolute atomic E-state index is 10.8. The number of allylic oxidation sites excluding steroid dienone is 2. The van der Waals surface area contributed by atoms with Gasteiger partial charge in [-0.25, -0.2) is 0 Å². The van der Waals surface area contributed by atoms with E-state index in [2.05, 4.69) is 0 Å². The summed E-state index contributed by atoms with van der Waals surface area (Å²) in [7, 11) is 0. The van der Waals surface area contributed by atoms with Gasteiger partial charge >= 0.3 is 0 Å². The van der Waals surface area contributed by atoms with E-state index < -0.39 is 15.4 Å². The molecule has 0 aromatic rings. The molecule has 0 heterocycles. The van der Waals surface area contributed by atoms with Crippen LogP contribution in [-0.2, 0) is 0 Å². The van der Waals surface area contributed by atoms with Gasteiger partial charge in [0.25, 0.3) is 11.2 Å². The molecule has 0 aromatic heterocycles. The zero-order valence-electron chi connectivity index (χ0n) is 7.83. The summed E-state index contributed by atoms with van der Waals surface area (Å²) >= 11 is 0. The van der Waals surface area contributed by atoms with E-state index in [1.807, 2.05) is 0 Å². The minimum absolute atomic E-state index is 0.123. The van der Waals surface area contributed by atoms with E-state index in [9.17, 15) is 20.2 Å². The number of rotatable bonds is 4. The zero-order chi connectivity index (χ0) is 11.5. The largest absolute Gasteiger partial charge is 0.396 e. The minimum atomic E-state index is -1.54. The molecule has 0 aromatic carbocycles. The summed E-state index contributed by atoms with van der Waals surface area (Å²) in [6.45, 7) is -0.379. The van der Waals surface area contributed by atoms with E-state index in [4.69, 9.17) is 5.11 Å². The fraction of sp³-hybridized carbons (Fsp3) is 0.500. The van der Waals surface area contributed by atoms with Crippen LogP contribution in [0.5, 0.6) is 0 Å². The molecule has 7 nitrogen and oxygen atoms in total. The topological polar surface area (TPSA) is 107 Å². The molecule has 1 atom stereocenters. The lowest BCUT2D eigenvalue weighted by Crippen LogP contribution is -2.39. The predicted octanol–water partition coefficient (Wildman–Crippen LogP) is 0.505. The summed E-state index contributed by atoms with van der Waals surface area (Å²) in [4.78, 5) is 20.1. The molecule has 1 rings (SSSR count). The second-order valence-electron chi connectivity index (χ2n) is 3.29. The second-order valence-corrected chi connectivity index (χ2v) is 3.29. The van der Waals surface area contributed by atoms with Crippen LogP contribution in [0.4, 0.5) is 0 Å². The molecule has 1 aliphatic carbocycles. The normalized spacial score (nSPS) is 24.7. The highest BCUT2D eigenvalue weighted by Crippen LogP contribution is 2.29. The molecule has 15 heavy (non-hydrogen) atoms. The first-order valence-electron chi connectivity index (χ1n) is 4.30. The average Bonchev–Trinajstić information content (AvgIpc) is 2.18. The van der Waals surface area contributed by atoms with Crippen LogP contribution >= 0.6 is 0 Å². The molecule has 0 saturated carbocycles. The molecule has 0 radical (unpaired) electrons. The molecule has 1 aliphatic rings. The summed E-state index contributed by atoms with van der Waals surface area (Å²) in [5.41, 5.74) is -1.74. The van der Waals surface area contributed by atoms with Crippen LogP contribution in [0.25, 0.3) is 0 Å². The molecule has 0 amide bonds. The van der Waals surface area contributed by atoms with Crippen LogP contribution in [0.2, 0.25) is 0 Å². The quantitative estimate of drug-likeness (QED) is 0.541. The van der Waals surface area contributed by atoms with Gasteiger partial charge in [0.2, 0.25) is 0 Å². The van der Waals surface area contributed by atoms with Gasteiger partial charge in [-0.2, -0.15) is 0 Å². The zero-order valence-corrected chi connectivity index (χ0v) is 7.83. The Bertz CT molecular complexity index is 349. The second kappa shape index (κ2) is 4.18. The smallest absolute Gasteiger partial charge is 0.253 e. The summed E-state index contributed by atoms with van der Waals surface area (Å²) in [6.07, 6.45) is 3.40. The Kier molecular flexibility index (Phi) is 3.15. The Morgan fingerprint density at radius 1 is 1.47 bits per heavy atom. The number of hydrogen-bond acceptors (Lipinski definition) is 5. The van der Waals surface area contributed by atoms with Crippen LogP contribution in [0.1, 0.15) is 12.8 Å². The molecular weight excluding hydrogens is 204 g/mol. The van der Waals surface area contributed by atoms with Gasteiger partial charge < -0.3 is 5.11 Å². The Balaban J connectivity index is 2.96. The van der Waals surface area contributed by atoms with Crippen molar-refractivity contribution >= 4 is 0 Å². The molecule has 0 aliphatic heterocycles. The molecule has 7 heteroatoms. The Hall–Kier alpha value is -1.76. The minimum Gasteiger partial charge on any atom is -0.396 e. The maximum Gasteiger partial charge on any atom is 0.253 e. The Morgan fingerprint density at radius 3 is 2.60 bits per heavy atom. The van der Waals surface area contributed by atoms with Gasteiger partial charge in [-0.1, -0.05) is 6.08 Å². The molecule has 0 fully saturated rings. The molecule has 82 valence electrons. The predicted molar refractivity (Wildman–Crippen MR) is 50.3 cm³/mol. The summed E-state index contributed by atoms with van der Waals surface area (Å²) in [5.74, 6) is 0. The average molecular weight is 214 g/mol. The van der Waals surface area contributed by atoms with Crippen LogP contribution in [-0.4, -0.2) is 27.1 Å². The van der Waals surface area contributed by atoms with Crippen molar-refractivity contribution in [1.29, 1.82) is 0 Å². The third-order valence-corrected chi connectivity index (χ3v) is 2.33. The molecular formula is C8H10N2O5. The van der Waals surface area contributed by atoms with Gasteiger partial charge in [-0.15, -0.1) is 0 Å². The van der Waals surface area contributed by atoms with Gasteiger partial charge in [0.05, 0.1) is 11.5 Å². The van der Waals surface area contributed by atoms with Gasteiger partial charge in [-0.05, 0) is 6.08 Å². The van der Waals surface area contributed by atoms with Gasteiger partial charge in [0, 0.05) is 17.4 Å². The summed E-state index contributed by atoms with van der Waals surface area (Å²) in [5, 5.41) is 30.0. The fourth-order valence-electron chi connectivity index (χ4n) is 1.48. The van der Waals surface area contributed by atoms with Crippen molar-refractivity contribution < 1.29 is 15.0 Å². The first-order chi connectivity index (χ1) is 7.02. The van der Waals surface area contributed by atoms with Crippen molar-refractivity contribution in [2.45, 2.75) is 18.4 Å². The van der Waals surface area contributed by atoms with E-state index in [-0.39, 0.29) is 25.1 Å². The lowest BCUT2D eigenvalue weighted by atomic mass is 9.87. The molecule has 1 N–H and O–H groups in total. The Morgan fingerprint density at radius 2 is 2.13 bits per heavy atom. The van der Waals surface area contributed by atoms with E-state index in [0.717, 1.165) is 0 Å². The van der Waals surface area contributed by atoms with Crippen molar-refractivity contribution in [1.82, 2.24) is 0 Å². The first-order valence-corrected chi connectivity index (χ1v) is 4.30. The number of aliphatic hydroxyl groups is 1. The van der Waals surface area contributed by atoms with Crippen LogP contribution in [0.15, 0.2) is 23.9 Å². The standard InChI is InChI=1S/C8H10N2O5/c11-5-4-8(10(14)15)3-1-2-7(6-8)9(12)13/h1-3,11H,4-6H2. The van der Waals surface area contributed by atoms with Crippen molar-refractivity contribution in [3.05, 3.63) is 44.2 Å². The van der Waals surface area contributed by atoms with Crippen molar-refractivity contribution in [3.63, 3.8) is 0 Å². The number of hydrogen-bond donors (Lipinski definition) is 1. The molecule has 0 spiro atoms. The van der Waals surface area contributed by atoms with E-state index in [1.165, 1.54) is 18.2 Å². The highest BCUT2D eigenvalue weighted by molar-refractivity contribution is 5.21. The van der Waals surface area contributed by atoms with Gasteiger partial charge in [-0.3, -0.25) is 20.2 Å². The van der Waals surface area contributed by atoms with Crippen molar-refractivity contribution in [3.8, 4) is 0 Å². The summed E-state index contributed by atoms with van der Waals surface area (Å²) < 4.78 is 0. The lowest BCUT2D eigenvalue weighted by Gasteiger charge is -2.21. The Labute approximate surface area is 85.0 Å². The number of aliphatic hydroxyl groups excluding tert-OH is 1. The van der Waals surface area contributed by atoms with E-state index in [1.54, 1.807) is 0 Å².